The number of hydrogen-bond acceptors (Lipinski definition) is 8. The highest BCUT2D eigenvalue weighted by Crippen LogP contribution is 2.32. The lowest BCUT2D eigenvalue weighted by Gasteiger charge is -2.28. The van der Waals surface area contributed by atoms with Gasteiger partial charge in [0.1, 0.15) is 18.0 Å². The molecule has 0 amide bonds. The third-order valence-electron chi connectivity index (χ3n) is 5.39. The molecule has 3 atom stereocenters. The van der Waals surface area contributed by atoms with Gasteiger partial charge < -0.3 is 18.9 Å². The fraction of sp³-hybridized carbons (Fsp3) is 0.481. The molecule has 0 aliphatic heterocycles. The van der Waals surface area contributed by atoms with E-state index in [9.17, 15) is 14.4 Å². The number of ketones is 1. The summed E-state index contributed by atoms with van der Waals surface area (Å²) in [5, 5.41) is 0.482. The van der Waals surface area contributed by atoms with Gasteiger partial charge in [-0.05, 0) is 43.9 Å². The molecule has 0 aliphatic rings. The summed E-state index contributed by atoms with van der Waals surface area (Å²) in [6.45, 7) is 10.6. The van der Waals surface area contributed by atoms with Gasteiger partial charge in [0.25, 0.3) is 0 Å². The van der Waals surface area contributed by atoms with E-state index in [-0.39, 0.29) is 29.5 Å². The second-order valence-electron chi connectivity index (χ2n) is 9.17. The van der Waals surface area contributed by atoms with Crippen molar-refractivity contribution in [2.75, 3.05) is 7.11 Å². The Morgan fingerprint density at radius 3 is 2.33 bits per heavy atom. The molecule has 0 saturated heterocycles. The Morgan fingerprint density at radius 1 is 1.06 bits per heavy atom. The van der Waals surface area contributed by atoms with Crippen molar-refractivity contribution in [1.82, 2.24) is 4.98 Å². The fourth-order valence-electron chi connectivity index (χ4n) is 3.53. The van der Waals surface area contributed by atoms with E-state index in [1.165, 1.54) is 26.3 Å². The van der Waals surface area contributed by atoms with Gasteiger partial charge >= 0.3 is 11.9 Å². The predicted molar refractivity (Wildman–Crippen MR) is 136 cm³/mol. The summed E-state index contributed by atoms with van der Waals surface area (Å²) in [6, 6.07) is 6.98. The zero-order chi connectivity index (χ0) is 27.0. The molecular formula is C27H34ClNO7. The van der Waals surface area contributed by atoms with Gasteiger partial charge in [-0.15, -0.1) is 0 Å². The van der Waals surface area contributed by atoms with Crippen LogP contribution in [0.3, 0.4) is 0 Å². The van der Waals surface area contributed by atoms with Crippen LogP contribution in [-0.4, -0.2) is 42.0 Å². The average molecular weight is 520 g/mol. The Labute approximate surface area is 217 Å². The molecule has 36 heavy (non-hydrogen) atoms. The number of nitrogens with zero attached hydrogens (tertiary/aromatic N) is 1. The third kappa shape index (κ3) is 8.22. The topological polar surface area (TPSA) is 101 Å². The van der Waals surface area contributed by atoms with Gasteiger partial charge in [0.05, 0.1) is 18.1 Å². The quantitative estimate of drug-likeness (QED) is 0.263. The maximum Gasteiger partial charge on any atom is 0.309 e. The molecule has 2 rings (SSSR count). The molecule has 0 spiro atoms. The van der Waals surface area contributed by atoms with Crippen LogP contribution >= 0.6 is 11.6 Å². The molecule has 1 aromatic carbocycles. The van der Waals surface area contributed by atoms with E-state index in [0.29, 0.717) is 17.2 Å². The number of halogens is 1. The predicted octanol–water partition coefficient (Wildman–Crippen LogP) is 5.61. The molecule has 8 nitrogen and oxygen atoms in total. The Balaban J connectivity index is 2.12. The van der Waals surface area contributed by atoms with E-state index >= 15 is 0 Å². The molecule has 0 saturated carbocycles. The zero-order valence-electron chi connectivity index (χ0n) is 21.8. The number of ether oxygens (including phenoxy) is 4. The number of hydrogen-bond donors (Lipinski definition) is 0. The SMILES string of the molecule is COc1ccnc(C(=O)C[C@@H](C)C(=O)O[C@@H](C)[C@@H](CC(C)C)Oc2ccc(C)cc2Cl)c1OC(C)=O. The fourth-order valence-corrected chi connectivity index (χ4v) is 3.81. The standard InChI is InChI=1S/C27H34ClNO7/c1-15(2)12-24(36-22-9-8-16(3)13-20(22)28)18(5)34-27(32)17(4)14-21(31)25-26(35-19(6)30)23(33-7)10-11-29-25/h8-11,13,15,17-18,24H,12,14H2,1-7H3/t17-,18+,24-/m1/s1. The van der Waals surface area contributed by atoms with Gasteiger partial charge in [0.2, 0.25) is 5.75 Å². The number of pyridine rings is 1. The molecular weight excluding hydrogens is 486 g/mol. The summed E-state index contributed by atoms with van der Waals surface area (Å²) >= 11 is 6.34. The van der Waals surface area contributed by atoms with E-state index < -0.39 is 35.8 Å². The summed E-state index contributed by atoms with van der Waals surface area (Å²) in [5.41, 5.74) is 0.917. The number of esters is 2. The van der Waals surface area contributed by atoms with Crippen molar-refractivity contribution < 1.29 is 33.3 Å². The zero-order valence-corrected chi connectivity index (χ0v) is 22.5. The van der Waals surface area contributed by atoms with Crippen LogP contribution in [0.25, 0.3) is 0 Å². The van der Waals surface area contributed by atoms with Gasteiger partial charge in [0, 0.05) is 25.6 Å². The summed E-state index contributed by atoms with van der Waals surface area (Å²) in [7, 11) is 1.39. The Hall–Kier alpha value is -3.13. The van der Waals surface area contributed by atoms with Crippen molar-refractivity contribution in [3.63, 3.8) is 0 Å². The second-order valence-corrected chi connectivity index (χ2v) is 9.58. The molecule has 196 valence electrons. The van der Waals surface area contributed by atoms with Crippen molar-refractivity contribution in [2.24, 2.45) is 11.8 Å². The highest BCUT2D eigenvalue weighted by molar-refractivity contribution is 6.32. The van der Waals surface area contributed by atoms with E-state index in [0.717, 1.165) is 5.56 Å². The van der Waals surface area contributed by atoms with Crippen LogP contribution in [0.15, 0.2) is 30.5 Å². The number of methoxy groups -OCH3 is 1. The van der Waals surface area contributed by atoms with Crippen LogP contribution in [0, 0.1) is 18.8 Å². The lowest BCUT2D eigenvalue weighted by atomic mass is 10.0. The van der Waals surface area contributed by atoms with Crippen molar-refractivity contribution in [2.45, 2.75) is 66.6 Å². The summed E-state index contributed by atoms with van der Waals surface area (Å²) in [5.74, 6) is -1.53. The lowest BCUT2D eigenvalue weighted by molar-refractivity contribution is -0.157. The minimum atomic E-state index is -0.777. The van der Waals surface area contributed by atoms with Crippen LogP contribution in [0.5, 0.6) is 17.2 Å². The van der Waals surface area contributed by atoms with Gasteiger partial charge in [-0.2, -0.15) is 0 Å². The summed E-state index contributed by atoms with van der Waals surface area (Å²) in [6.07, 6.45) is 0.771. The van der Waals surface area contributed by atoms with Crippen molar-refractivity contribution >= 4 is 29.3 Å². The molecule has 0 unspecified atom stereocenters. The average Bonchev–Trinajstić information content (AvgIpc) is 2.79. The normalized spacial score (nSPS) is 13.5. The molecule has 0 aliphatic carbocycles. The first-order valence-corrected chi connectivity index (χ1v) is 12.2. The van der Waals surface area contributed by atoms with Crippen molar-refractivity contribution in [3.8, 4) is 17.2 Å². The van der Waals surface area contributed by atoms with Gasteiger partial charge in [-0.25, -0.2) is 4.98 Å². The molecule has 1 aromatic heterocycles. The maximum absolute atomic E-state index is 12.9. The number of carbonyl (C=O) groups excluding carboxylic acids is 3. The summed E-state index contributed by atoms with van der Waals surface area (Å²) in [4.78, 5) is 41.4. The third-order valence-corrected chi connectivity index (χ3v) is 5.68. The molecule has 0 radical (unpaired) electrons. The minimum Gasteiger partial charge on any atom is -0.493 e. The number of carbonyl (C=O) groups is 3. The first kappa shape index (κ1) is 29.1. The van der Waals surface area contributed by atoms with Crippen LogP contribution in [0.2, 0.25) is 5.02 Å². The maximum atomic E-state index is 12.9. The highest BCUT2D eigenvalue weighted by atomic mass is 35.5. The molecule has 0 bridgehead atoms. The summed E-state index contributed by atoms with van der Waals surface area (Å²) < 4.78 is 22.2. The van der Waals surface area contributed by atoms with Gasteiger partial charge in [0.15, 0.2) is 17.2 Å². The number of Topliss-reactive ketones (excluding diaryl/α,β-unsaturated/α-hetero) is 1. The lowest BCUT2D eigenvalue weighted by Crippen LogP contribution is -2.36. The van der Waals surface area contributed by atoms with Crippen molar-refractivity contribution in [3.05, 3.63) is 46.7 Å². The Morgan fingerprint density at radius 2 is 1.75 bits per heavy atom. The number of aromatic nitrogens is 1. The molecule has 9 heteroatoms. The number of aryl methyl sites for hydroxylation is 1. The van der Waals surface area contributed by atoms with E-state index in [4.69, 9.17) is 30.5 Å². The van der Waals surface area contributed by atoms with Crippen LogP contribution < -0.4 is 14.2 Å². The Bertz CT molecular complexity index is 1090. The molecule has 1 heterocycles. The minimum absolute atomic E-state index is 0.0770. The van der Waals surface area contributed by atoms with E-state index in [1.54, 1.807) is 19.9 Å². The number of rotatable bonds is 12. The van der Waals surface area contributed by atoms with Crippen LogP contribution in [0.1, 0.15) is 63.5 Å². The largest absolute Gasteiger partial charge is 0.493 e. The molecule has 0 fully saturated rings. The van der Waals surface area contributed by atoms with Crippen LogP contribution in [0.4, 0.5) is 0 Å². The van der Waals surface area contributed by atoms with Gasteiger partial charge in [-0.3, -0.25) is 14.4 Å². The van der Waals surface area contributed by atoms with E-state index in [2.05, 4.69) is 4.98 Å². The Kier molecular flexibility index (Phi) is 10.7. The first-order valence-electron chi connectivity index (χ1n) is 11.8. The van der Waals surface area contributed by atoms with Crippen LogP contribution in [-0.2, 0) is 14.3 Å². The second kappa shape index (κ2) is 13.3. The monoisotopic (exact) mass is 519 g/mol. The van der Waals surface area contributed by atoms with Crippen molar-refractivity contribution in [1.29, 1.82) is 0 Å². The molecule has 0 N–H and O–H groups in total. The molecule has 2 aromatic rings. The van der Waals surface area contributed by atoms with E-state index in [1.807, 2.05) is 32.9 Å². The van der Waals surface area contributed by atoms with Gasteiger partial charge in [-0.1, -0.05) is 38.4 Å². The smallest absolute Gasteiger partial charge is 0.309 e. The number of benzene rings is 1. The highest BCUT2D eigenvalue weighted by Gasteiger charge is 2.29. The first-order chi connectivity index (χ1) is 16.9.